The van der Waals surface area contributed by atoms with Gasteiger partial charge in [0.15, 0.2) is 0 Å². The molecule has 0 atom stereocenters. The molecule has 1 aromatic carbocycles. The number of hydrogen-bond acceptors (Lipinski definition) is 3. The van der Waals surface area contributed by atoms with Crippen LogP contribution in [0.5, 0.6) is 5.75 Å². The standard InChI is InChI=1S/C15H23NO2/c1-11(2)13-8-14(12(3)15(17)9-13)10-16-4-6-18-7-5-16/h8-9,11,17H,4-7,10H2,1-3H3. The minimum absolute atomic E-state index is 0.421. The van der Waals surface area contributed by atoms with Gasteiger partial charge in [-0.25, -0.2) is 0 Å². The van der Waals surface area contributed by atoms with Crippen molar-refractivity contribution in [1.82, 2.24) is 4.90 Å². The minimum atomic E-state index is 0.421. The van der Waals surface area contributed by atoms with Crippen molar-refractivity contribution in [1.29, 1.82) is 0 Å². The molecule has 1 saturated heterocycles. The van der Waals surface area contributed by atoms with E-state index in [1.54, 1.807) is 0 Å². The van der Waals surface area contributed by atoms with Crippen LogP contribution in [-0.2, 0) is 11.3 Å². The van der Waals surface area contributed by atoms with Gasteiger partial charge in [0.1, 0.15) is 5.75 Å². The monoisotopic (exact) mass is 249 g/mol. The van der Waals surface area contributed by atoms with Crippen LogP contribution < -0.4 is 0 Å². The Labute approximate surface area is 109 Å². The summed E-state index contributed by atoms with van der Waals surface area (Å²) in [4.78, 5) is 2.38. The molecule has 1 fully saturated rings. The summed E-state index contributed by atoms with van der Waals surface area (Å²) in [6, 6.07) is 4.12. The molecule has 0 aliphatic carbocycles. The van der Waals surface area contributed by atoms with Gasteiger partial charge in [-0.3, -0.25) is 4.90 Å². The van der Waals surface area contributed by atoms with Gasteiger partial charge in [-0.15, -0.1) is 0 Å². The summed E-state index contributed by atoms with van der Waals surface area (Å²) in [6.45, 7) is 10.8. The van der Waals surface area contributed by atoms with E-state index in [9.17, 15) is 5.11 Å². The van der Waals surface area contributed by atoms with E-state index < -0.39 is 0 Å². The third-order valence-electron chi connectivity index (χ3n) is 3.67. The second-order valence-electron chi connectivity index (χ2n) is 5.37. The number of aromatic hydroxyl groups is 1. The van der Waals surface area contributed by atoms with Crippen LogP contribution in [0.1, 0.15) is 36.5 Å². The molecular weight excluding hydrogens is 226 g/mol. The number of hydrogen-bond donors (Lipinski definition) is 1. The molecule has 1 N–H and O–H groups in total. The zero-order valence-corrected chi connectivity index (χ0v) is 11.6. The van der Waals surface area contributed by atoms with E-state index in [4.69, 9.17) is 4.74 Å². The lowest BCUT2D eigenvalue weighted by molar-refractivity contribution is 0.0341. The average Bonchev–Trinajstić information content (AvgIpc) is 2.35. The fourth-order valence-corrected chi connectivity index (χ4v) is 2.28. The lowest BCUT2D eigenvalue weighted by atomic mass is 9.96. The van der Waals surface area contributed by atoms with Crippen LogP contribution in [0.25, 0.3) is 0 Å². The van der Waals surface area contributed by atoms with E-state index in [0.717, 1.165) is 38.4 Å². The van der Waals surface area contributed by atoms with Gasteiger partial charge in [-0.05, 0) is 35.6 Å². The third-order valence-corrected chi connectivity index (χ3v) is 3.67. The van der Waals surface area contributed by atoms with Gasteiger partial charge >= 0.3 is 0 Å². The number of benzene rings is 1. The molecule has 1 aliphatic rings. The lowest BCUT2D eigenvalue weighted by Crippen LogP contribution is -2.35. The molecule has 100 valence electrons. The molecule has 0 bridgehead atoms. The second-order valence-corrected chi connectivity index (χ2v) is 5.37. The zero-order valence-electron chi connectivity index (χ0n) is 11.6. The summed E-state index contributed by atoms with van der Waals surface area (Å²) in [5.74, 6) is 0.865. The summed E-state index contributed by atoms with van der Waals surface area (Å²) in [6.07, 6.45) is 0. The largest absolute Gasteiger partial charge is 0.508 e. The summed E-state index contributed by atoms with van der Waals surface area (Å²) >= 11 is 0. The van der Waals surface area contributed by atoms with Crippen LogP contribution in [0, 0.1) is 6.92 Å². The van der Waals surface area contributed by atoms with Crippen LogP contribution >= 0.6 is 0 Å². The molecule has 2 rings (SSSR count). The Balaban J connectivity index is 2.19. The molecule has 3 heteroatoms. The van der Waals surface area contributed by atoms with Crippen molar-refractivity contribution in [3.8, 4) is 5.75 Å². The maximum Gasteiger partial charge on any atom is 0.119 e. The van der Waals surface area contributed by atoms with E-state index in [1.165, 1.54) is 11.1 Å². The molecule has 0 saturated carbocycles. The summed E-state index contributed by atoms with van der Waals surface area (Å²) in [5.41, 5.74) is 3.45. The van der Waals surface area contributed by atoms with Gasteiger partial charge in [0.2, 0.25) is 0 Å². The average molecular weight is 249 g/mol. The van der Waals surface area contributed by atoms with Crippen molar-refractivity contribution in [3.05, 3.63) is 28.8 Å². The third kappa shape index (κ3) is 3.03. The predicted molar refractivity (Wildman–Crippen MR) is 73.0 cm³/mol. The Morgan fingerprint density at radius 1 is 1.28 bits per heavy atom. The number of rotatable bonds is 3. The zero-order chi connectivity index (χ0) is 13.1. The topological polar surface area (TPSA) is 32.7 Å². The summed E-state index contributed by atoms with van der Waals surface area (Å²) in [7, 11) is 0. The molecule has 1 heterocycles. The highest BCUT2D eigenvalue weighted by Crippen LogP contribution is 2.27. The first-order valence-corrected chi connectivity index (χ1v) is 6.70. The van der Waals surface area contributed by atoms with Crippen molar-refractivity contribution < 1.29 is 9.84 Å². The molecule has 0 spiro atoms. The van der Waals surface area contributed by atoms with Crippen LogP contribution in [0.2, 0.25) is 0 Å². The molecular formula is C15H23NO2. The van der Waals surface area contributed by atoms with E-state index in [-0.39, 0.29) is 0 Å². The highest BCUT2D eigenvalue weighted by atomic mass is 16.5. The molecule has 1 aliphatic heterocycles. The first-order valence-electron chi connectivity index (χ1n) is 6.70. The van der Waals surface area contributed by atoms with Gasteiger partial charge in [0, 0.05) is 19.6 Å². The van der Waals surface area contributed by atoms with Crippen molar-refractivity contribution >= 4 is 0 Å². The Bertz CT molecular complexity index is 409. The smallest absolute Gasteiger partial charge is 0.119 e. The van der Waals surface area contributed by atoms with Crippen LogP contribution in [0.4, 0.5) is 0 Å². The molecule has 0 unspecified atom stereocenters. The summed E-state index contributed by atoms with van der Waals surface area (Å²) in [5, 5.41) is 10.0. The maximum atomic E-state index is 10.0. The first-order chi connectivity index (χ1) is 8.58. The first kappa shape index (κ1) is 13.4. The van der Waals surface area contributed by atoms with Crippen molar-refractivity contribution in [3.63, 3.8) is 0 Å². The molecule has 0 radical (unpaired) electrons. The molecule has 1 aromatic rings. The van der Waals surface area contributed by atoms with E-state index in [2.05, 4.69) is 24.8 Å². The molecule has 3 nitrogen and oxygen atoms in total. The van der Waals surface area contributed by atoms with Crippen LogP contribution in [0.3, 0.4) is 0 Å². The van der Waals surface area contributed by atoms with Crippen LogP contribution in [-0.4, -0.2) is 36.3 Å². The number of phenolic OH excluding ortho intramolecular Hbond substituents is 1. The highest BCUT2D eigenvalue weighted by Gasteiger charge is 2.14. The Kier molecular flexibility index (Phi) is 4.25. The SMILES string of the molecule is Cc1c(O)cc(C(C)C)cc1CN1CCOCC1. The van der Waals surface area contributed by atoms with Gasteiger partial charge in [-0.1, -0.05) is 19.9 Å². The predicted octanol–water partition coefficient (Wildman–Crippen LogP) is 2.66. The van der Waals surface area contributed by atoms with Gasteiger partial charge < -0.3 is 9.84 Å². The fourth-order valence-electron chi connectivity index (χ4n) is 2.28. The number of nitrogens with zero attached hydrogens (tertiary/aromatic N) is 1. The van der Waals surface area contributed by atoms with Gasteiger partial charge in [0.25, 0.3) is 0 Å². The number of phenols is 1. The van der Waals surface area contributed by atoms with E-state index >= 15 is 0 Å². The Morgan fingerprint density at radius 2 is 1.94 bits per heavy atom. The quantitative estimate of drug-likeness (QED) is 0.894. The van der Waals surface area contributed by atoms with Gasteiger partial charge in [-0.2, -0.15) is 0 Å². The van der Waals surface area contributed by atoms with Crippen molar-refractivity contribution in [2.75, 3.05) is 26.3 Å². The molecule has 0 amide bonds. The number of morpholine rings is 1. The van der Waals surface area contributed by atoms with E-state index in [1.807, 2.05) is 13.0 Å². The Hall–Kier alpha value is -1.06. The minimum Gasteiger partial charge on any atom is -0.508 e. The molecule has 0 aromatic heterocycles. The van der Waals surface area contributed by atoms with Gasteiger partial charge in [0.05, 0.1) is 13.2 Å². The summed E-state index contributed by atoms with van der Waals surface area (Å²) < 4.78 is 5.36. The van der Waals surface area contributed by atoms with Crippen LogP contribution in [0.15, 0.2) is 12.1 Å². The Morgan fingerprint density at radius 3 is 2.56 bits per heavy atom. The van der Waals surface area contributed by atoms with Crippen molar-refractivity contribution in [2.24, 2.45) is 0 Å². The van der Waals surface area contributed by atoms with E-state index in [0.29, 0.717) is 11.7 Å². The second kappa shape index (κ2) is 5.72. The lowest BCUT2D eigenvalue weighted by Gasteiger charge is -2.27. The molecule has 18 heavy (non-hydrogen) atoms. The number of ether oxygens (including phenoxy) is 1. The highest BCUT2D eigenvalue weighted by molar-refractivity contribution is 5.43. The fraction of sp³-hybridized carbons (Fsp3) is 0.600. The normalized spacial score (nSPS) is 17.3. The maximum absolute atomic E-state index is 10.0. The van der Waals surface area contributed by atoms with Crippen molar-refractivity contribution in [2.45, 2.75) is 33.2 Å².